The molecule has 0 spiro atoms. The molecule has 108 valence electrons. The third-order valence-electron chi connectivity index (χ3n) is 2.85. The number of pyridine rings is 1. The third-order valence-corrected chi connectivity index (χ3v) is 2.85. The zero-order chi connectivity index (χ0) is 15.2. The van der Waals surface area contributed by atoms with E-state index in [1.807, 2.05) is 6.07 Å². The first-order valence-corrected chi connectivity index (χ1v) is 6.32. The van der Waals surface area contributed by atoms with Crippen LogP contribution < -0.4 is 20.4 Å². The Morgan fingerprint density at radius 3 is 2.71 bits per heavy atom. The second kappa shape index (κ2) is 6.51. The zero-order valence-corrected chi connectivity index (χ0v) is 11.6. The maximum absolute atomic E-state index is 12.0. The molecule has 2 amide bonds. The van der Waals surface area contributed by atoms with Crippen LogP contribution in [0.1, 0.15) is 10.4 Å². The molecule has 1 heterocycles. The molecule has 0 saturated carbocycles. The van der Waals surface area contributed by atoms with E-state index in [2.05, 4.69) is 5.32 Å². The number of ether oxygens (including phenoxy) is 1. The monoisotopic (exact) mass is 286 g/mol. The number of benzene rings is 1. The van der Waals surface area contributed by atoms with Crippen molar-refractivity contribution < 1.29 is 18.9 Å². The lowest BCUT2D eigenvalue weighted by atomic mass is 10.2. The van der Waals surface area contributed by atoms with Gasteiger partial charge in [-0.05, 0) is 18.2 Å². The smallest absolute Gasteiger partial charge is 0.290 e. The molecule has 0 atom stereocenters. The van der Waals surface area contributed by atoms with Gasteiger partial charge in [-0.25, -0.2) is 0 Å². The highest BCUT2D eigenvalue weighted by atomic mass is 16.5. The van der Waals surface area contributed by atoms with Crippen molar-refractivity contribution in [2.45, 2.75) is 6.54 Å². The Hall–Kier alpha value is -2.89. The summed E-state index contributed by atoms with van der Waals surface area (Å²) in [6, 6.07) is 10.4. The van der Waals surface area contributed by atoms with Crippen LogP contribution in [0.2, 0.25) is 0 Å². The first kappa shape index (κ1) is 14.5. The fourth-order valence-corrected chi connectivity index (χ4v) is 1.87. The van der Waals surface area contributed by atoms with Gasteiger partial charge in [-0.1, -0.05) is 12.1 Å². The predicted molar refractivity (Wildman–Crippen MR) is 76.8 cm³/mol. The van der Waals surface area contributed by atoms with E-state index in [1.165, 1.54) is 13.3 Å². The predicted octanol–water partition coefficient (Wildman–Crippen LogP) is 0.720. The van der Waals surface area contributed by atoms with Crippen LogP contribution in [0.3, 0.4) is 0 Å². The molecule has 6 nitrogen and oxygen atoms in total. The number of para-hydroxylation sites is 2. The van der Waals surface area contributed by atoms with Gasteiger partial charge in [-0.3, -0.25) is 9.59 Å². The molecule has 2 rings (SSSR count). The Kier molecular flexibility index (Phi) is 4.50. The number of nitrogens with two attached hydrogens (primary N) is 1. The number of carbonyl (C=O) groups excluding carboxylic acids is 2. The summed E-state index contributed by atoms with van der Waals surface area (Å²) in [7, 11) is 1.54. The van der Waals surface area contributed by atoms with Gasteiger partial charge < -0.3 is 15.8 Å². The van der Waals surface area contributed by atoms with Crippen molar-refractivity contribution in [2.24, 2.45) is 5.73 Å². The van der Waals surface area contributed by atoms with E-state index >= 15 is 0 Å². The highest BCUT2D eigenvalue weighted by Gasteiger charge is 2.13. The molecule has 0 aliphatic rings. The van der Waals surface area contributed by atoms with Gasteiger partial charge in [0.05, 0.1) is 12.8 Å². The van der Waals surface area contributed by atoms with Crippen LogP contribution in [0.25, 0.3) is 0 Å². The van der Waals surface area contributed by atoms with Crippen molar-refractivity contribution in [3.63, 3.8) is 0 Å². The molecule has 2 aromatic rings. The molecule has 1 aromatic carbocycles. The minimum atomic E-state index is -0.533. The van der Waals surface area contributed by atoms with Crippen molar-refractivity contribution in [1.29, 1.82) is 0 Å². The van der Waals surface area contributed by atoms with Gasteiger partial charge in [-0.15, -0.1) is 0 Å². The summed E-state index contributed by atoms with van der Waals surface area (Å²) < 4.78 is 6.75. The van der Waals surface area contributed by atoms with Gasteiger partial charge in [0.15, 0.2) is 12.4 Å². The summed E-state index contributed by atoms with van der Waals surface area (Å²) >= 11 is 0. The minimum absolute atomic E-state index is 0.0686. The Balaban J connectivity index is 2.08. The number of nitrogens with one attached hydrogen (secondary N) is 1. The van der Waals surface area contributed by atoms with Crippen molar-refractivity contribution in [3.8, 4) is 5.75 Å². The molecule has 3 N–H and O–H groups in total. The molecule has 6 heteroatoms. The fraction of sp³-hybridized carbons (Fsp3) is 0.133. The largest absolute Gasteiger partial charge is 0.495 e. The van der Waals surface area contributed by atoms with Crippen LogP contribution in [0.15, 0.2) is 48.8 Å². The van der Waals surface area contributed by atoms with Crippen LogP contribution >= 0.6 is 0 Å². The second-order valence-corrected chi connectivity index (χ2v) is 4.38. The normalized spacial score (nSPS) is 9.95. The lowest BCUT2D eigenvalue weighted by Crippen LogP contribution is -2.40. The van der Waals surface area contributed by atoms with E-state index in [4.69, 9.17) is 10.5 Å². The standard InChI is InChI=1S/C15H15N3O3/c1-21-13-7-3-2-6-12(13)17-14(19)10-18-8-4-5-11(9-18)15(16)20/h2-9H,10H2,1H3,(H2-,16,17,19,20)/p+1. The van der Waals surface area contributed by atoms with Gasteiger partial charge in [0.2, 0.25) is 6.54 Å². The number of amides is 2. The maximum Gasteiger partial charge on any atom is 0.290 e. The zero-order valence-electron chi connectivity index (χ0n) is 11.6. The Morgan fingerprint density at radius 1 is 1.24 bits per heavy atom. The van der Waals surface area contributed by atoms with Gasteiger partial charge >= 0.3 is 0 Å². The topological polar surface area (TPSA) is 85.3 Å². The van der Waals surface area contributed by atoms with Crippen molar-refractivity contribution in [3.05, 3.63) is 54.4 Å². The lowest BCUT2D eigenvalue weighted by molar-refractivity contribution is -0.684. The molecule has 0 fully saturated rings. The number of rotatable bonds is 5. The number of nitrogens with zero attached hydrogens (tertiary/aromatic N) is 1. The molecule has 0 radical (unpaired) electrons. The van der Waals surface area contributed by atoms with Crippen molar-refractivity contribution in [1.82, 2.24) is 0 Å². The quantitative estimate of drug-likeness (QED) is 0.794. The van der Waals surface area contributed by atoms with Crippen LogP contribution in [0, 0.1) is 0 Å². The second-order valence-electron chi connectivity index (χ2n) is 4.38. The van der Waals surface area contributed by atoms with Gasteiger partial charge in [0.1, 0.15) is 11.3 Å². The van der Waals surface area contributed by atoms with E-state index < -0.39 is 5.91 Å². The summed E-state index contributed by atoms with van der Waals surface area (Å²) in [5.74, 6) is -0.178. The summed E-state index contributed by atoms with van der Waals surface area (Å²) in [6.07, 6.45) is 3.22. The van der Waals surface area contributed by atoms with Gasteiger partial charge in [0.25, 0.3) is 11.8 Å². The van der Waals surface area contributed by atoms with Gasteiger partial charge in [0, 0.05) is 6.07 Å². The Labute approximate surface area is 122 Å². The number of primary amides is 1. The molecule has 0 bridgehead atoms. The summed E-state index contributed by atoms with van der Waals surface area (Å²) in [5.41, 5.74) is 6.15. The van der Waals surface area contributed by atoms with E-state index in [-0.39, 0.29) is 12.5 Å². The molecular weight excluding hydrogens is 270 g/mol. The Morgan fingerprint density at radius 2 is 2.00 bits per heavy atom. The summed E-state index contributed by atoms with van der Waals surface area (Å²) in [6.45, 7) is 0.0686. The molecule has 0 unspecified atom stereocenters. The minimum Gasteiger partial charge on any atom is -0.495 e. The van der Waals surface area contributed by atoms with Crippen molar-refractivity contribution in [2.75, 3.05) is 12.4 Å². The SMILES string of the molecule is COc1ccccc1NC(=O)C[n+]1cccc(C(N)=O)c1. The van der Waals surface area contributed by atoms with E-state index in [9.17, 15) is 9.59 Å². The first-order valence-electron chi connectivity index (χ1n) is 6.32. The summed E-state index contributed by atoms with van der Waals surface area (Å²) in [5, 5.41) is 2.76. The first-order chi connectivity index (χ1) is 10.1. The number of anilines is 1. The van der Waals surface area contributed by atoms with Crippen LogP contribution in [0.4, 0.5) is 5.69 Å². The highest BCUT2D eigenvalue weighted by molar-refractivity contribution is 5.92. The molecule has 0 aliphatic carbocycles. The third kappa shape index (κ3) is 3.79. The fourth-order valence-electron chi connectivity index (χ4n) is 1.87. The number of hydrogen-bond acceptors (Lipinski definition) is 3. The van der Waals surface area contributed by atoms with E-state index in [0.29, 0.717) is 17.0 Å². The highest BCUT2D eigenvalue weighted by Crippen LogP contribution is 2.22. The summed E-state index contributed by atoms with van der Waals surface area (Å²) in [4.78, 5) is 23.1. The van der Waals surface area contributed by atoms with E-state index in [0.717, 1.165) is 0 Å². The molecule has 21 heavy (non-hydrogen) atoms. The van der Waals surface area contributed by atoms with Crippen LogP contribution in [-0.2, 0) is 11.3 Å². The van der Waals surface area contributed by atoms with Crippen LogP contribution in [-0.4, -0.2) is 18.9 Å². The molecule has 0 aliphatic heterocycles. The number of hydrogen-bond donors (Lipinski definition) is 2. The van der Waals surface area contributed by atoms with Gasteiger partial charge in [-0.2, -0.15) is 4.57 Å². The van der Waals surface area contributed by atoms with Crippen molar-refractivity contribution >= 4 is 17.5 Å². The average molecular weight is 286 g/mol. The number of aromatic nitrogens is 1. The lowest BCUT2D eigenvalue weighted by Gasteiger charge is -2.08. The average Bonchev–Trinajstić information content (AvgIpc) is 2.48. The maximum atomic E-state index is 12.0. The molecule has 0 saturated heterocycles. The number of carbonyl (C=O) groups is 2. The van der Waals surface area contributed by atoms with E-state index in [1.54, 1.807) is 41.1 Å². The van der Waals surface area contributed by atoms with Crippen LogP contribution in [0.5, 0.6) is 5.75 Å². The Bertz CT molecular complexity index is 671. The number of methoxy groups -OCH3 is 1. The molecular formula is C15H16N3O3+. The molecule has 1 aromatic heterocycles.